The van der Waals surface area contributed by atoms with E-state index < -0.39 is 23.4 Å². The van der Waals surface area contributed by atoms with Crippen LogP contribution < -0.4 is 5.48 Å². The standard InChI is InChI=1S/C19H14F2N2O2S/c20-13-8-6-12(7-9-13)17-22-10-14(26-17)16-15(11-4-2-1-3-5-11)19(16,21)18(24)23-25/h1-10,15-16,25H,(H,23,24)/t15-,16-,19+/m1/s1. The van der Waals surface area contributed by atoms with Gasteiger partial charge in [-0.15, -0.1) is 11.3 Å². The molecule has 1 aliphatic carbocycles. The third-order valence-electron chi connectivity index (χ3n) is 4.66. The number of aromatic nitrogens is 1. The molecule has 132 valence electrons. The van der Waals surface area contributed by atoms with Crippen LogP contribution in [0.25, 0.3) is 10.6 Å². The lowest BCUT2D eigenvalue weighted by atomic mass is 10.1. The van der Waals surface area contributed by atoms with E-state index in [0.717, 1.165) is 5.56 Å². The van der Waals surface area contributed by atoms with Gasteiger partial charge in [-0.3, -0.25) is 10.0 Å². The summed E-state index contributed by atoms with van der Waals surface area (Å²) in [4.78, 5) is 16.9. The first-order valence-electron chi connectivity index (χ1n) is 7.95. The number of hydrogen-bond donors (Lipinski definition) is 2. The maximum atomic E-state index is 15.4. The summed E-state index contributed by atoms with van der Waals surface area (Å²) in [6.07, 6.45) is 1.54. The summed E-state index contributed by atoms with van der Waals surface area (Å²) in [5, 5.41) is 9.58. The second-order valence-electron chi connectivity index (χ2n) is 6.15. The zero-order chi connectivity index (χ0) is 18.3. The molecular formula is C19H14F2N2O2S. The van der Waals surface area contributed by atoms with Crippen molar-refractivity contribution in [2.45, 2.75) is 17.5 Å². The number of amides is 1. The van der Waals surface area contributed by atoms with E-state index in [4.69, 9.17) is 5.21 Å². The van der Waals surface area contributed by atoms with Crippen LogP contribution in [0.4, 0.5) is 8.78 Å². The Morgan fingerprint density at radius 3 is 2.46 bits per heavy atom. The van der Waals surface area contributed by atoms with Crippen LogP contribution in [-0.4, -0.2) is 21.8 Å². The van der Waals surface area contributed by atoms with E-state index in [2.05, 4.69) is 4.98 Å². The summed E-state index contributed by atoms with van der Waals surface area (Å²) in [7, 11) is 0. The molecule has 3 aromatic rings. The van der Waals surface area contributed by atoms with E-state index in [1.807, 2.05) is 6.07 Å². The Kier molecular flexibility index (Phi) is 4.05. The highest BCUT2D eigenvalue weighted by atomic mass is 32.1. The van der Waals surface area contributed by atoms with E-state index in [-0.39, 0.29) is 5.82 Å². The molecule has 4 rings (SSSR count). The van der Waals surface area contributed by atoms with E-state index in [1.165, 1.54) is 35.1 Å². The van der Waals surface area contributed by atoms with Crippen LogP contribution >= 0.6 is 11.3 Å². The molecule has 0 radical (unpaired) electrons. The zero-order valence-electron chi connectivity index (χ0n) is 13.4. The van der Waals surface area contributed by atoms with Crippen LogP contribution in [0, 0.1) is 5.82 Å². The lowest BCUT2D eigenvalue weighted by molar-refractivity contribution is -0.136. The van der Waals surface area contributed by atoms with Gasteiger partial charge >= 0.3 is 0 Å². The van der Waals surface area contributed by atoms with Gasteiger partial charge < -0.3 is 0 Å². The van der Waals surface area contributed by atoms with Crippen molar-refractivity contribution in [1.29, 1.82) is 0 Å². The van der Waals surface area contributed by atoms with E-state index >= 15 is 4.39 Å². The maximum absolute atomic E-state index is 15.4. The van der Waals surface area contributed by atoms with Gasteiger partial charge in [0.1, 0.15) is 10.8 Å². The molecule has 7 heteroatoms. The zero-order valence-corrected chi connectivity index (χ0v) is 14.2. The topological polar surface area (TPSA) is 62.2 Å². The Labute approximate surface area is 152 Å². The van der Waals surface area contributed by atoms with Gasteiger partial charge in [-0.25, -0.2) is 19.2 Å². The van der Waals surface area contributed by atoms with E-state index in [9.17, 15) is 9.18 Å². The highest BCUT2D eigenvalue weighted by Gasteiger charge is 2.73. The highest BCUT2D eigenvalue weighted by molar-refractivity contribution is 7.15. The van der Waals surface area contributed by atoms with Crippen molar-refractivity contribution in [3.63, 3.8) is 0 Å². The van der Waals surface area contributed by atoms with Gasteiger partial charge in [-0.2, -0.15) is 0 Å². The minimum Gasteiger partial charge on any atom is -0.289 e. The van der Waals surface area contributed by atoms with Gasteiger partial charge in [0, 0.05) is 28.5 Å². The fourth-order valence-corrected chi connectivity index (χ4v) is 4.47. The van der Waals surface area contributed by atoms with Crippen LogP contribution in [0.2, 0.25) is 0 Å². The van der Waals surface area contributed by atoms with Crippen LogP contribution in [-0.2, 0) is 4.79 Å². The normalized spacial score (nSPS) is 24.3. The molecule has 1 saturated carbocycles. The Hall–Kier alpha value is -2.64. The predicted molar refractivity (Wildman–Crippen MR) is 93.2 cm³/mol. The molecule has 1 fully saturated rings. The first kappa shape index (κ1) is 16.8. The van der Waals surface area contributed by atoms with Crippen LogP contribution in [0.3, 0.4) is 0 Å². The molecule has 0 aliphatic heterocycles. The number of halogens is 2. The van der Waals surface area contributed by atoms with Gasteiger partial charge in [-0.1, -0.05) is 30.3 Å². The first-order valence-corrected chi connectivity index (χ1v) is 8.77. The van der Waals surface area contributed by atoms with Crippen molar-refractivity contribution >= 4 is 17.2 Å². The SMILES string of the molecule is O=C(NO)[C@]1(F)[C@H](c2ccccc2)[C@H]1c1cnc(-c2ccc(F)cc2)s1. The molecule has 1 aliphatic rings. The van der Waals surface area contributed by atoms with Gasteiger partial charge in [0.25, 0.3) is 5.91 Å². The van der Waals surface area contributed by atoms with Crippen molar-refractivity contribution in [3.05, 3.63) is 77.1 Å². The molecular weight excluding hydrogens is 358 g/mol. The second kappa shape index (κ2) is 6.26. The molecule has 0 bridgehead atoms. The largest absolute Gasteiger partial charge is 0.289 e. The number of nitrogens with zero attached hydrogens (tertiary/aromatic N) is 1. The number of benzene rings is 2. The van der Waals surface area contributed by atoms with E-state index in [1.54, 1.807) is 36.4 Å². The maximum Gasteiger partial charge on any atom is 0.282 e. The molecule has 2 aromatic carbocycles. The third-order valence-corrected chi connectivity index (χ3v) is 5.79. The van der Waals surface area contributed by atoms with Crippen LogP contribution in [0.1, 0.15) is 22.3 Å². The number of alkyl halides is 1. The molecule has 0 spiro atoms. The number of carbonyl (C=O) groups excluding carboxylic acids is 1. The van der Waals surface area contributed by atoms with E-state index in [0.29, 0.717) is 15.4 Å². The quantitative estimate of drug-likeness (QED) is 0.537. The van der Waals surface area contributed by atoms with Crippen molar-refractivity contribution in [3.8, 4) is 10.6 Å². The fourth-order valence-electron chi connectivity index (χ4n) is 3.35. The number of thiazole rings is 1. The van der Waals surface area contributed by atoms with Gasteiger partial charge in [-0.05, 0) is 29.8 Å². The summed E-state index contributed by atoms with van der Waals surface area (Å²) < 4.78 is 28.5. The molecule has 3 atom stereocenters. The summed E-state index contributed by atoms with van der Waals surface area (Å²) in [6.45, 7) is 0. The van der Waals surface area contributed by atoms with Crippen molar-refractivity contribution < 1.29 is 18.8 Å². The predicted octanol–water partition coefficient (Wildman–Crippen LogP) is 4.04. The smallest absolute Gasteiger partial charge is 0.282 e. The molecule has 2 N–H and O–H groups in total. The molecule has 0 unspecified atom stereocenters. The monoisotopic (exact) mass is 372 g/mol. The summed E-state index contributed by atoms with van der Waals surface area (Å²) >= 11 is 1.26. The van der Waals surface area contributed by atoms with Gasteiger partial charge in [0.15, 0.2) is 0 Å². The summed E-state index contributed by atoms with van der Waals surface area (Å²) in [6, 6.07) is 14.7. The molecule has 26 heavy (non-hydrogen) atoms. The summed E-state index contributed by atoms with van der Waals surface area (Å²) in [5.41, 5.74) is 0.606. The van der Waals surface area contributed by atoms with Crippen LogP contribution in [0.5, 0.6) is 0 Å². The number of rotatable bonds is 4. The Balaban J connectivity index is 1.70. The molecule has 0 saturated heterocycles. The summed E-state index contributed by atoms with van der Waals surface area (Å²) in [5.74, 6) is -2.84. The first-order chi connectivity index (χ1) is 12.6. The molecule has 4 nitrogen and oxygen atoms in total. The van der Waals surface area contributed by atoms with Crippen molar-refractivity contribution in [2.75, 3.05) is 0 Å². The van der Waals surface area contributed by atoms with Crippen LogP contribution in [0.15, 0.2) is 60.8 Å². The van der Waals surface area contributed by atoms with Crippen molar-refractivity contribution in [2.24, 2.45) is 0 Å². The third kappa shape index (κ3) is 2.60. The lowest BCUT2D eigenvalue weighted by Crippen LogP contribution is -2.33. The lowest BCUT2D eigenvalue weighted by Gasteiger charge is -2.05. The fraction of sp³-hybridized carbons (Fsp3) is 0.158. The Bertz CT molecular complexity index is 946. The number of nitrogens with one attached hydrogen (secondary N) is 1. The van der Waals surface area contributed by atoms with Gasteiger partial charge in [0.2, 0.25) is 5.67 Å². The Morgan fingerprint density at radius 1 is 1.12 bits per heavy atom. The minimum absolute atomic E-state index is 0.348. The molecule has 1 heterocycles. The molecule has 1 amide bonds. The second-order valence-corrected chi connectivity index (χ2v) is 7.21. The number of hydroxylamine groups is 1. The molecule has 1 aromatic heterocycles. The number of carbonyl (C=O) groups is 1. The average Bonchev–Trinajstić information content (AvgIpc) is 3.04. The van der Waals surface area contributed by atoms with Crippen molar-refractivity contribution in [1.82, 2.24) is 10.5 Å². The Morgan fingerprint density at radius 2 is 1.81 bits per heavy atom. The number of hydrogen-bond acceptors (Lipinski definition) is 4. The average molecular weight is 372 g/mol. The van der Waals surface area contributed by atoms with Gasteiger partial charge in [0.05, 0.1) is 0 Å². The minimum atomic E-state index is -2.23. The highest BCUT2D eigenvalue weighted by Crippen LogP contribution is 2.67.